The van der Waals surface area contributed by atoms with Gasteiger partial charge in [0.2, 0.25) is 0 Å². The predicted molar refractivity (Wildman–Crippen MR) is 94.6 cm³/mol. The highest BCUT2D eigenvalue weighted by atomic mass is 19.4. The summed E-state index contributed by atoms with van der Waals surface area (Å²) in [5, 5.41) is 4.19. The number of halogens is 3. The molecule has 4 rings (SSSR count). The van der Waals surface area contributed by atoms with Crippen LogP contribution in [0.5, 0.6) is 0 Å². The number of nitrogens with zero attached hydrogens (tertiary/aromatic N) is 5. The molecule has 9 heteroatoms. The van der Waals surface area contributed by atoms with Crippen LogP contribution in [0.1, 0.15) is 53.2 Å². The van der Waals surface area contributed by atoms with Gasteiger partial charge in [-0.25, -0.2) is 9.50 Å². The van der Waals surface area contributed by atoms with Gasteiger partial charge >= 0.3 is 6.18 Å². The van der Waals surface area contributed by atoms with E-state index in [0.717, 1.165) is 17.0 Å². The first kappa shape index (κ1) is 18.4. The number of hydrogen-bond donors (Lipinski definition) is 0. The van der Waals surface area contributed by atoms with E-state index in [9.17, 15) is 18.0 Å². The van der Waals surface area contributed by atoms with Crippen molar-refractivity contribution in [1.29, 1.82) is 0 Å². The van der Waals surface area contributed by atoms with Crippen LogP contribution < -0.4 is 0 Å². The highest BCUT2D eigenvalue weighted by molar-refractivity contribution is 5.94. The van der Waals surface area contributed by atoms with Crippen molar-refractivity contribution in [1.82, 2.24) is 24.5 Å². The first-order valence-corrected chi connectivity index (χ1v) is 9.06. The number of hydrogen-bond acceptors (Lipinski definition) is 4. The highest BCUT2D eigenvalue weighted by Crippen LogP contribution is 2.35. The van der Waals surface area contributed by atoms with Gasteiger partial charge in [0.1, 0.15) is 5.69 Å². The summed E-state index contributed by atoms with van der Waals surface area (Å²) in [5.74, 6) is -0.180. The third-order valence-corrected chi connectivity index (χ3v) is 4.93. The van der Waals surface area contributed by atoms with E-state index in [-0.39, 0.29) is 17.6 Å². The summed E-state index contributed by atoms with van der Waals surface area (Å²) in [7, 11) is 0. The Kier molecular flexibility index (Phi) is 4.52. The second kappa shape index (κ2) is 6.88. The van der Waals surface area contributed by atoms with Crippen LogP contribution in [-0.4, -0.2) is 36.9 Å². The van der Waals surface area contributed by atoms with Gasteiger partial charge in [-0.15, -0.1) is 0 Å². The van der Waals surface area contributed by atoms with E-state index in [1.807, 2.05) is 0 Å². The van der Waals surface area contributed by atoms with Crippen LogP contribution in [-0.2, 0) is 12.6 Å². The number of carbonyl (C=O) groups excluding carboxylic acids is 1. The van der Waals surface area contributed by atoms with Crippen molar-refractivity contribution >= 4 is 11.6 Å². The Morgan fingerprint density at radius 1 is 1.25 bits per heavy atom. The maximum absolute atomic E-state index is 13.5. The second-order valence-electron chi connectivity index (χ2n) is 6.72. The number of rotatable bonds is 3. The third kappa shape index (κ3) is 3.21. The second-order valence-corrected chi connectivity index (χ2v) is 6.72. The van der Waals surface area contributed by atoms with Crippen LogP contribution in [0.25, 0.3) is 5.65 Å². The number of fused-ring (bicyclic) bond motifs is 1. The van der Waals surface area contributed by atoms with Gasteiger partial charge in [0, 0.05) is 36.3 Å². The molecule has 0 spiro atoms. The maximum atomic E-state index is 13.5. The summed E-state index contributed by atoms with van der Waals surface area (Å²) in [4.78, 5) is 22.7. The molecule has 1 aliphatic heterocycles. The average Bonchev–Trinajstić information content (AvgIpc) is 3.32. The van der Waals surface area contributed by atoms with Gasteiger partial charge in [-0.2, -0.15) is 18.3 Å². The molecule has 3 aromatic rings. The molecule has 1 saturated heterocycles. The number of aryl methyl sites for hydroxylation is 1. The molecular weight excluding hydrogens is 371 g/mol. The number of amides is 1. The molecule has 0 aromatic carbocycles. The van der Waals surface area contributed by atoms with Crippen molar-refractivity contribution < 1.29 is 18.0 Å². The molecule has 0 aliphatic carbocycles. The average molecular weight is 389 g/mol. The van der Waals surface area contributed by atoms with Gasteiger partial charge in [-0.3, -0.25) is 9.78 Å². The lowest BCUT2D eigenvalue weighted by Gasteiger charge is -2.23. The molecular formula is C19H18F3N5O. The highest BCUT2D eigenvalue weighted by Gasteiger charge is 2.37. The molecule has 1 atom stereocenters. The molecule has 4 heterocycles. The van der Waals surface area contributed by atoms with Crippen LogP contribution in [0.2, 0.25) is 0 Å². The number of carbonyl (C=O) groups is 1. The topological polar surface area (TPSA) is 63.4 Å². The molecule has 1 fully saturated rings. The first-order valence-electron chi connectivity index (χ1n) is 9.06. The minimum atomic E-state index is -4.55. The third-order valence-electron chi connectivity index (χ3n) is 4.93. The minimum absolute atomic E-state index is 0.143. The fraction of sp³-hybridized carbons (Fsp3) is 0.368. The molecule has 6 nitrogen and oxygen atoms in total. The van der Waals surface area contributed by atoms with E-state index in [2.05, 4.69) is 15.1 Å². The van der Waals surface area contributed by atoms with E-state index < -0.39 is 11.9 Å². The maximum Gasteiger partial charge on any atom is 0.433 e. The summed E-state index contributed by atoms with van der Waals surface area (Å²) in [6.07, 6.45) is 0.314. The van der Waals surface area contributed by atoms with Gasteiger partial charge in [-0.1, -0.05) is 6.92 Å². The van der Waals surface area contributed by atoms with Gasteiger partial charge < -0.3 is 4.90 Å². The smallest absolute Gasteiger partial charge is 0.330 e. The molecule has 3 aromatic heterocycles. The van der Waals surface area contributed by atoms with Crippen LogP contribution >= 0.6 is 0 Å². The fourth-order valence-electron chi connectivity index (χ4n) is 3.57. The van der Waals surface area contributed by atoms with Crippen molar-refractivity contribution in [2.75, 3.05) is 6.54 Å². The predicted octanol–water partition coefficient (Wildman–Crippen LogP) is 3.68. The van der Waals surface area contributed by atoms with Crippen molar-refractivity contribution in [2.45, 2.75) is 38.4 Å². The summed E-state index contributed by atoms with van der Waals surface area (Å²) < 4.78 is 41.3. The Morgan fingerprint density at radius 3 is 2.68 bits per heavy atom. The largest absolute Gasteiger partial charge is 0.433 e. The standard InChI is InChI=1S/C19H18F3N5O/c1-2-13-10-16(19(20,21)22)27-17(24-13)11-14(25-27)15-4-3-9-26(15)18(28)12-5-7-23-8-6-12/h5-8,10-11,15H,2-4,9H2,1H3. The quantitative estimate of drug-likeness (QED) is 0.686. The normalized spacial score (nSPS) is 17.4. The monoisotopic (exact) mass is 389 g/mol. The van der Waals surface area contributed by atoms with Gasteiger partial charge in [0.05, 0.1) is 11.7 Å². The lowest BCUT2D eigenvalue weighted by molar-refractivity contribution is -0.142. The summed E-state index contributed by atoms with van der Waals surface area (Å²) >= 11 is 0. The molecule has 28 heavy (non-hydrogen) atoms. The molecule has 146 valence electrons. The lowest BCUT2D eigenvalue weighted by Crippen LogP contribution is -2.30. The van der Waals surface area contributed by atoms with E-state index in [4.69, 9.17) is 0 Å². The van der Waals surface area contributed by atoms with Crippen LogP contribution in [0.3, 0.4) is 0 Å². The number of likely N-dealkylation sites (tertiary alicyclic amines) is 1. The Hall–Kier alpha value is -2.97. The number of pyridine rings is 1. The van der Waals surface area contributed by atoms with Crippen LogP contribution in [0, 0.1) is 0 Å². The molecule has 1 amide bonds. The van der Waals surface area contributed by atoms with Crippen LogP contribution in [0.15, 0.2) is 36.7 Å². The van der Waals surface area contributed by atoms with E-state index in [1.165, 1.54) is 12.4 Å². The molecule has 0 radical (unpaired) electrons. The zero-order valence-corrected chi connectivity index (χ0v) is 15.1. The Balaban J connectivity index is 1.75. The molecule has 1 unspecified atom stereocenters. The van der Waals surface area contributed by atoms with Gasteiger partial charge in [-0.05, 0) is 37.5 Å². The minimum Gasteiger partial charge on any atom is -0.330 e. The van der Waals surface area contributed by atoms with Crippen LogP contribution in [0.4, 0.5) is 13.2 Å². The first-order chi connectivity index (χ1) is 13.4. The summed E-state index contributed by atoms with van der Waals surface area (Å²) in [6, 6.07) is 5.44. The molecule has 0 saturated carbocycles. The van der Waals surface area contributed by atoms with Crippen molar-refractivity contribution in [3.05, 3.63) is 59.3 Å². The van der Waals surface area contributed by atoms with Crippen molar-refractivity contribution in [3.8, 4) is 0 Å². The Morgan fingerprint density at radius 2 is 2.00 bits per heavy atom. The van der Waals surface area contributed by atoms with E-state index >= 15 is 0 Å². The molecule has 0 N–H and O–H groups in total. The van der Waals surface area contributed by atoms with Crippen molar-refractivity contribution in [2.24, 2.45) is 0 Å². The SMILES string of the molecule is CCc1cc(C(F)(F)F)n2nc(C3CCCN3C(=O)c3ccncc3)cc2n1. The van der Waals surface area contributed by atoms with Gasteiger partial charge in [0.25, 0.3) is 5.91 Å². The summed E-state index contributed by atoms with van der Waals surface area (Å²) in [5.41, 5.74) is 0.553. The van der Waals surface area contributed by atoms with Crippen molar-refractivity contribution in [3.63, 3.8) is 0 Å². The number of alkyl halides is 3. The van der Waals surface area contributed by atoms with E-state index in [0.29, 0.717) is 36.3 Å². The van der Waals surface area contributed by atoms with E-state index in [1.54, 1.807) is 30.0 Å². The Labute approximate surface area is 159 Å². The Bertz CT molecular complexity index is 1020. The molecule has 0 bridgehead atoms. The zero-order chi connectivity index (χ0) is 19.9. The fourth-order valence-corrected chi connectivity index (χ4v) is 3.57. The van der Waals surface area contributed by atoms with Gasteiger partial charge in [0.15, 0.2) is 5.65 Å². The lowest BCUT2D eigenvalue weighted by atomic mass is 10.1. The zero-order valence-electron chi connectivity index (χ0n) is 15.1. The number of aromatic nitrogens is 4. The summed E-state index contributed by atoms with van der Waals surface area (Å²) in [6.45, 7) is 2.28. The molecule has 1 aliphatic rings.